The number of thiophene rings is 1. The molecule has 1 aliphatic rings. The highest BCUT2D eigenvalue weighted by Crippen LogP contribution is 2.40. The molecule has 0 fully saturated rings. The van der Waals surface area contributed by atoms with Crippen molar-refractivity contribution < 1.29 is 28.3 Å². The van der Waals surface area contributed by atoms with E-state index in [1.54, 1.807) is 32.0 Å². The largest absolute Gasteiger partial charge is 0.462 e. The molecule has 3 aromatic rings. The lowest BCUT2D eigenvalue weighted by molar-refractivity contribution is -0.124. The van der Waals surface area contributed by atoms with Crippen molar-refractivity contribution in [3.05, 3.63) is 46.2 Å². The zero-order valence-electron chi connectivity index (χ0n) is 18.8. The molecule has 1 aromatic carbocycles. The third-order valence-electron chi connectivity index (χ3n) is 5.71. The van der Waals surface area contributed by atoms with Crippen LogP contribution in [0, 0.1) is 5.92 Å². The zero-order chi connectivity index (χ0) is 23.5. The molecule has 2 unspecified atom stereocenters. The van der Waals surface area contributed by atoms with Crippen molar-refractivity contribution in [3.8, 4) is 0 Å². The van der Waals surface area contributed by atoms with Crippen LogP contribution in [0.2, 0.25) is 0 Å². The summed E-state index contributed by atoms with van der Waals surface area (Å²) >= 11 is 1.40. The molecule has 2 aromatic heterocycles. The van der Waals surface area contributed by atoms with Gasteiger partial charge in [0.25, 0.3) is 5.91 Å². The number of fused-ring (bicyclic) bond motifs is 2. The first-order valence-electron chi connectivity index (χ1n) is 11.1. The van der Waals surface area contributed by atoms with Gasteiger partial charge in [0.2, 0.25) is 0 Å². The third kappa shape index (κ3) is 4.78. The number of nitrogens with zero attached hydrogens (tertiary/aromatic N) is 1. The topological polar surface area (TPSA) is 108 Å². The van der Waals surface area contributed by atoms with E-state index in [1.165, 1.54) is 17.7 Å². The number of ether oxygens (including phenoxy) is 2. The fourth-order valence-electron chi connectivity index (χ4n) is 3.95. The summed E-state index contributed by atoms with van der Waals surface area (Å²) in [5, 5.41) is 3.28. The lowest BCUT2D eigenvalue weighted by atomic mass is 9.88. The molecule has 4 rings (SSSR count). The van der Waals surface area contributed by atoms with Crippen molar-refractivity contribution in [1.82, 2.24) is 4.98 Å². The highest BCUT2D eigenvalue weighted by molar-refractivity contribution is 7.17. The first kappa shape index (κ1) is 23.0. The van der Waals surface area contributed by atoms with Crippen LogP contribution in [0.3, 0.4) is 0 Å². The Labute approximate surface area is 195 Å². The SMILES string of the molecule is CCOC(=O)c1c(NC(=O)C(CC)OC(=O)c2ccc3ocnc3c2)sc2c1CCC(C)C2. The van der Waals surface area contributed by atoms with Gasteiger partial charge in [0.1, 0.15) is 10.5 Å². The first-order valence-corrected chi connectivity index (χ1v) is 11.9. The van der Waals surface area contributed by atoms with Crippen LogP contribution in [-0.4, -0.2) is 35.5 Å². The maximum Gasteiger partial charge on any atom is 0.341 e. The van der Waals surface area contributed by atoms with E-state index in [-0.39, 0.29) is 18.6 Å². The Bertz CT molecular complexity index is 1200. The zero-order valence-corrected chi connectivity index (χ0v) is 19.6. The van der Waals surface area contributed by atoms with E-state index in [4.69, 9.17) is 13.9 Å². The minimum atomic E-state index is -1.02. The predicted octanol–water partition coefficient (Wildman–Crippen LogP) is 4.76. The van der Waals surface area contributed by atoms with Crippen LogP contribution in [0.15, 0.2) is 29.0 Å². The van der Waals surface area contributed by atoms with Crippen LogP contribution in [0.5, 0.6) is 0 Å². The van der Waals surface area contributed by atoms with Crippen LogP contribution in [0.25, 0.3) is 11.1 Å². The number of esters is 2. The van der Waals surface area contributed by atoms with Crippen LogP contribution in [-0.2, 0) is 27.1 Å². The van der Waals surface area contributed by atoms with E-state index in [0.29, 0.717) is 27.6 Å². The van der Waals surface area contributed by atoms with E-state index in [0.717, 1.165) is 29.7 Å². The number of hydrogen-bond donors (Lipinski definition) is 1. The Kier molecular flexibility index (Phi) is 6.78. The maximum absolute atomic E-state index is 13.0. The second kappa shape index (κ2) is 9.74. The standard InChI is InChI=1S/C24H26N2O6S/c1-4-17(32-23(28)14-7-9-18-16(11-14)25-12-31-18)21(27)26-22-20(24(29)30-5-2)15-8-6-13(3)10-19(15)33-22/h7,9,11-13,17H,4-6,8,10H2,1-3H3,(H,26,27). The molecule has 0 bridgehead atoms. The van der Waals surface area contributed by atoms with Crippen LogP contribution in [0.1, 0.15) is 64.8 Å². The van der Waals surface area contributed by atoms with E-state index in [1.807, 2.05) is 0 Å². The van der Waals surface area contributed by atoms with Crippen molar-refractivity contribution >= 4 is 45.3 Å². The van der Waals surface area contributed by atoms with Crippen molar-refractivity contribution in [2.75, 3.05) is 11.9 Å². The molecule has 1 amide bonds. The average molecular weight is 471 g/mol. The summed E-state index contributed by atoms with van der Waals surface area (Å²) in [4.78, 5) is 43.5. The number of amides is 1. The fourth-order valence-corrected chi connectivity index (χ4v) is 5.36. The Morgan fingerprint density at radius 1 is 1.27 bits per heavy atom. The maximum atomic E-state index is 13.0. The summed E-state index contributed by atoms with van der Waals surface area (Å²) < 4.78 is 15.9. The lowest BCUT2D eigenvalue weighted by Gasteiger charge is -2.18. The number of benzene rings is 1. The molecule has 0 saturated heterocycles. The molecule has 0 radical (unpaired) electrons. The van der Waals surface area contributed by atoms with Gasteiger partial charge in [0.15, 0.2) is 18.1 Å². The van der Waals surface area contributed by atoms with Crippen LogP contribution < -0.4 is 5.32 Å². The monoisotopic (exact) mass is 470 g/mol. The van der Waals surface area contributed by atoms with Gasteiger partial charge in [-0.25, -0.2) is 14.6 Å². The van der Waals surface area contributed by atoms with Gasteiger partial charge in [-0.05, 0) is 62.3 Å². The number of hydrogen-bond acceptors (Lipinski definition) is 8. The van der Waals surface area contributed by atoms with Gasteiger partial charge in [-0.3, -0.25) is 4.79 Å². The Morgan fingerprint density at radius 2 is 2.09 bits per heavy atom. The number of nitrogens with one attached hydrogen (secondary N) is 1. The van der Waals surface area contributed by atoms with Gasteiger partial charge >= 0.3 is 11.9 Å². The number of carbonyl (C=O) groups is 3. The Morgan fingerprint density at radius 3 is 2.85 bits per heavy atom. The highest BCUT2D eigenvalue weighted by Gasteiger charge is 2.31. The molecular weight excluding hydrogens is 444 g/mol. The minimum absolute atomic E-state index is 0.248. The molecule has 0 aliphatic heterocycles. The quantitative estimate of drug-likeness (QED) is 0.496. The molecule has 0 spiro atoms. The fraction of sp³-hybridized carbons (Fsp3) is 0.417. The normalized spacial score (nSPS) is 16.2. The number of aromatic nitrogens is 1. The molecular formula is C24H26N2O6S. The Balaban J connectivity index is 1.53. The molecule has 2 heterocycles. The van der Waals surface area contributed by atoms with E-state index < -0.39 is 23.9 Å². The van der Waals surface area contributed by atoms with Crippen molar-refractivity contribution in [1.29, 1.82) is 0 Å². The first-order chi connectivity index (χ1) is 15.9. The van der Waals surface area contributed by atoms with Crippen molar-refractivity contribution in [3.63, 3.8) is 0 Å². The molecule has 0 saturated carbocycles. The number of oxazole rings is 1. The average Bonchev–Trinajstić information content (AvgIpc) is 3.40. The van der Waals surface area contributed by atoms with Crippen LogP contribution in [0.4, 0.5) is 5.00 Å². The number of rotatable bonds is 7. The minimum Gasteiger partial charge on any atom is -0.462 e. The summed E-state index contributed by atoms with van der Waals surface area (Å²) in [6, 6.07) is 4.75. The molecule has 1 aliphatic carbocycles. The highest BCUT2D eigenvalue weighted by atomic mass is 32.1. The summed E-state index contributed by atoms with van der Waals surface area (Å²) in [5.74, 6) is -1.04. The van der Waals surface area contributed by atoms with Gasteiger partial charge in [-0.15, -0.1) is 11.3 Å². The van der Waals surface area contributed by atoms with Gasteiger partial charge in [-0.1, -0.05) is 13.8 Å². The van der Waals surface area contributed by atoms with Gasteiger partial charge in [0, 0.05) is 4.88 Å². The van der Waals surface area contributed by atoms with Gasteiger partial charge in [0.05, 0.1) is 17.7 Å². The molecule has 1 N–H and O–H groups in total. The molecule has 2 atom stereocenters. The molecule has 33 heavy (non-hydrogen) atoms. The van der Waals surface area contributed by atoms with Crippen molar-refractivity contribution in [2.45, 2.75) is 52.6 Å². The van der Waals surface area contributed by atoms with E-state index in [9.17, 15) is 14.4 Å². The number of carbonyl (C=O) groups excluding carboxylic acids is 3. The third-order valence-corrected chi connectivity index (χ3v) is 6.88. The summed E-state index contributed by atoms with van der Waals surface area (Å²) in [6.07, 6.45) is 3.17. The molecule has 8 nitrogen and oxygen atoms in total. The molecule has 9 heteroatoms. The van der Waals surface area contributed by atoms with Crippen molar-refractivity contribution in [2.24, 2.45) is 5.92 Å². The van der Waals surface area contributed by atoms with E-state index in [2.05, 4.69) is 17.2 Å². The summed E-state index contributed by atoms with van der Waals surface area (Å²) in [6.45, 7) is 5.93. The predicted molar refractivity (Wildman–Crippen MR) is 124 cm³/mol. The second-order valence-electron chi connectivity index (χ2n) is 8.10. The number of anilines is 1. The van der Waals surface area contributed by atoms with Gasteiger partial charge < -0.3 is 19.2 Å². The summed E-state index contributed by atoms with van der Waals surface area (Å²) in [7, 11) is 0. The smallest absolute Gasteiger partial charge is 0.341 e. The second-order valence-corrected chi connectivity index (χ2v) is 9.21. The molecule has 174 valence electrons. The van der Waals surface area contributed by atoms with Gasteiger partial charge in [-0.2, -0.15) is 0 Å². The summed E-state index contributed by atoms with van der Waals surface area (Å²) in [5.41, 5.74) is 2.74. The Hall–Kier alpha value is -3.20. The van der Waals surface area contributed by atoms with E-state index >= 15 is 0 Å². The lowest BCUT2D eigenvalue weighted by Crippen LogP contribution is -2.32. The van der Waals surface area contributed by atoms with Crippen LogP contribution >= 0.6 is 11.3 Å².